The molecule has 0 saturated heterocycles. The maximum atomic E-state index is 2.99. The summed E-state index contributed by atoms with van der Waals surface area (Å²) >= 11 is 0. The molecule has 2 N–H and O–H groups in total. The molecule has 0 unspecified atom stereocenters. The molecule has 0 aliphatic carbocycles. The fourth-order valence-electron chi connectivity index (χ4n) is 0.424. The summed E-state index contributed by atoms with van der Waals surface area (Å²) in [6.07, 6.45) is 7.69. The Morgan fingerprint density at radius 3 is 2.14 bits per heavy atom. The van der Waals surface area contributed by atoms with Gasteiger partial charge in [0, 0.05) is 0 Å². The highest BCUT2D eigenvalue weighted by molar-refractivity contribution is 5.02. The maximum Gasteiger partial charge on any atom is 0.0840 e. The summed E-state index contributed by atoms with van der Waals surface area (Å²) in [7, 11) is 0. The van der Waals surface area contributed by atoms with Gasteiger partial charge in [0.05, 0.1) is 6.67 Å². The Bertz CT molecular complexity index is 82.3. The number of allylic oxidation sites excluding steroid dienone is 2. The first-order valence-corrected chi connectivity index (χ1v) is 2.28. The van der Waals surface area contributed by atoms with Gasteiger partial charge in [-0.1, -0.05) is 0 Å². The molecule has 2 nitrogen and oxygen atoms in total. The van der Waals surface area contributed by atoms with Crippen LogP contribution in [0.5, 0.6) is 0 Å². The average Bonchev–Trinajstić information content (AvgIpc) is 1.90. The minimum atomic E-state index is 0.826. The van der Waals surface area contributed by atoms with Crippen molar-refractivity contribution in [3.63, 3.8) is 0 Å². The largest absolute Gasteiger partial charge is 0.374 e. The lowest BCUT2D eigenvalue weighted by Crippen LogP contribution is -2.18. The average molecular weight is 96.1 g/mol. The van der Waals surface area contributed by atoms with E-state index in [2.05, 4.69) is 10.6 Å². The Morgan fingerprint density at radius 2 is 1.57 bits per heavy atom. The van der Waals surface area contributed by atoms with E-state index >= 15 is 0 Å². The first-order valence-electron chi connectivity index (χ1n) is 2.28. The van der Waals surface area contributed by atoms with Gasteiger partial charge < -0.3 is 10.6 Å². The van der Waals surface area contributed by atoms with Crippen LogP contribution in [0.2, 0.25) is 0 Å². The molecule has 1 aliphatic heterocycles. The third kappa shape index (κ3) is 1.30. The molecular formula is C5H8N2. The van der Waals surface area contributed by atoms with Crippen LogP contribution in [0, 0.1) is 0 Å². The Morgan fingerprint density at radius 1 is 1.00 bits per heavy atom. The van der Waals surface area contributed by atoms with E-state index in [1.165, 1.54) is 0 Å². The molecule has 38 valence electrons. The van der Waals surface area contributed by atoms with Gasteiger partial charge in [-0.15, -0.1) is 0 Å². The van der Waals surface area contributed by atoms with Crippen molar-refractivity contribution in [2.24, 2.45) is 0 Å². The van der Waals surface area contributed by atoms with Crippen LogP contribution >= 0.6 is 0 Å². The molecule has 1 heterocycles. The topological polar surface area (TPSA) is 24.1 Å². The molecule has 0 fully saturated rings. The minimum absolute atomic E-state index is 0.826. The fraction of sp³-hybridized carbons (Fsp3) is 0.200. The van der Waals surface area contributed by atoms with Crippen molar-refractivity contribution in [2.75, 3.05) is 6.67 Å². The molecule has 2 heteroatoms. The normalized spacial score (nSPS) is 17.1. The van der Waals surface area contributed by atoms with E-state index < -0.39 is 0 Å². The van der Waals surface area contributed by atoms with Crippen molar-refractivity contribution < 1.29 is 0 Å². The van der Waals surface area contributed by atoms with Gasteiger partial charge in [-0.25, -0.2) is 0 Å². The van der Waals surface area contributed by atoms with E-state index in [0.29, 0.717) is 0 Å². The zero-order chi connectivity index (χ0) is 4.95. The van der Waals surface area contributed by atoms with Crippen molar-refractivity contribution in [1.29, 1.82) is 0 Å². The molecule has 1 aliphatic rings. The van der Waals surface area contributed by atoms with Crippen molar-refractivity contribution >= 4 is 0 Å². The molecule has 0 aromatic carbocycles. The fourth-order valence-corrected chi connectivity index (χ4v) is 0.424. The lowest BCUT2D eigenvalue weighted by molar-refractivity contribution is 0.777. The summed E-state index contributed by atoms with van der Waals surface area (Å²) < 4.78 is 0. The number of nitrogens with one attached hydrogen (secondary N) is 2. The van der Waals surface area contributed by atoms with Crippen molar-refractivity contribution in [2.45, 2.75) is 0 Å². The Balaban J connectivity index is 2.39. The van der Waals surface area contributed by atoms with Crippen molar-refractivity contribution in [1.82, 2.24) is 10.6 Å². The molecule has 0 amide bonds. The highest BCUT2D eigenvalue weighted by Crippen LogP contribution is 1.74. The third-order valence-electron chi connectivity index (χ3n) is 0.743. The van der Waals surface area contributed by atoms with E-state index in [1.54, 1.807) is 0 Å². The SMILES string of the molecule is C1=CNCNC=C1. The standard InChI is InChI=1S/C5H8N2/c1-2-4-7-5-6-3-1/h1-4,6-7H,5H2. The Hall–Kier alpha value is -0.920. The Kier molecular flexibility index (Phi) is 1.39. The molecular weight excluding hydrogens is 88.1 g/mol. The lowest BCUT2D eigenvalue weighted by atomic mass is 10.6. The van der Waals surface area contributed by atoms with Gasteiger partial charge in [-0.2, -0.15) is 0 Å². The molecule has 1 rings (SSSR count). The second kappa shape index (κ2) is 2.29. The van der Waals surface area contributed by atoms with Gasteiger partial charge in [-0.3, -0.25) is 0 Å². The summed E-state index contributed by atoms with van der Waals surface area (Å²) in [6, 6.07) is 0. The van der Waals surface area contributed by atoms with E-state index in [9.17, 15) is 0 Å². The molecule has 0 saturated carbocycles. The zero-order valence-electron chi connectivity index (χ0n) is 4.02. The predicted octanol–water partition coefficient (Wildman–Crippen LogP) is 0.164. The van der Waals surface area contributed by atoms with Crippen molar-refractivity contribution in [3.8, 4) is 0 Å². The van der Waals surface area contributed by atoms with E-state index in [1.807, 2.05) is 24.6 Å². The molecule has 0 aromatic rings. The van der Waals surface area contributed by atoms with Crippen LogP contribution < -0.4 is 10.6 Å². The zero-order valence-corrected chi connectivity index (χ0v) is 4.02. The monoisotopic (exact) mass is 96.1 g/mol. The summed E-state index contributed by atoms with van der Waals surface area (Å²) in [5.41, 5.74) is 0. The minimum Gasteiger partial charge on any atom is -0.374 e. The van der Waals surface area contributed by atoms with E-state index in [-0.39, 0.29) is 0 Å². The molecule has 0 atom stereocenters. The Labute approximate surface area is 42.9 Å². The van der Waals surface area contributed by atoms with Crippen LogP contribution in [0.3, 0.4) is 0 Å². The summed E-state index contributed by atoms with van der Waals surface area (Å²) in [5, 5.41) is 5.99. The number of rotatable bonds is 0. The highest BCUT2D eigenvalue weighted by Gasteiger charge is 1.74. The number of hydrogen-bond donors (Lipinski definition) is 2. The van der Waals surface area contributed by atoms with Crippen LogP contribution in [0.15, 0.2) is 24.6 Å². The van der Waals surface area contributed by atoms with Crippen LogP contribution in [0.4, 0.5) is 0 Å². The van der Waals surface area contributed by atoms with Gasteiger partial charge in [0.1, 0.15) is 0 Å². The van der Waals surface area contributed by atoms with Crippen LogP contribution in [-0.4, -0.2) is 6.67 Å². The first kappa shape index (κ1) is 4.24. The van der Waals surface area contributed by atoms with Crippen LogP contribution in [0.1, 0.15) is 0 Å². The molecule has 0 spiro atoms. The van der Waals surface area contributed by atoms with Gasteiger partial charge >= 0.3 is 0 Å². The van der Waals surface area contributed by atoms with Gasteiger partial charge in [-0.05, 0) is 24.6 Å². The van der Waals surface area contributed by atoms with E-state index in [4.69, 9.17) is 0 Å². The summed E-state index contributed by atoms with van der Waals surface area (Å²) in [4.78, 5) is 0. The lowest BCUT2D eigenvalue weighted by Gasteiger charge is -1.93. The van der Waals surface area contributed by atoms with Crippen LogP contribution in [-0.2, 0) is 0 Å². The quantitative estimate of drug-likeness (QED) is 0.449. The summed E-state index contributed by atoms with van der Waals surface area (Å²) in [5.74, 6) is 0. The van der Waals surface area contributed by atoms with Crippen molar-refractivity contribution in [3.05, 3.63) is 24.6 Å². The smallest absolute Gasteiger partial charge is 0.0840 e. The van der Waals surface area contributed by atoms with Gasteiger partial charge in [0.15, 0.2) is 0 Å². The third-order valence-corrected chi connectivity index (χ3v) is 0.743. The molecule has 0 aromatic heterocycles. The maximum absolute atomic E-state index is 2.99. The molecule has 7 heavy (non-hydrogen) atoms. The molecule has 0 bridgehead atoms. The molecule has 0 radical (unpaired) electrons. The van der Waals surface area contributed by atoms with Gasteiger partial charge in [0.25, 0.3) is 0 Å². The van der Waals surface area contributed by atoms with Crippen LogP contribution in [0.25, 0.3) is 0 Å². The highest BCUT2D eigenvalue weighted by atomic mass is 15.0. The first-order chi connectivity index (χ1) is 3.50. The summed E-state index contributed by atoms with van der Waals surface area (Å²) in [6.45, 7) is 0.826. The second-order valence-electron chi connectivity index (χ2n) is 1.30. The second-order valence-corrected chi connectivity index (χ2v) is 1.30. The van der Waals surface area contributed by atoms with E-state index in [0.717, 1.165) is 6.67 Å². The number of hydrogen-bond acceptors (Lipinski definition) is 2. The predicted molar refractivity (Wildman–Crippen MR) is 29.4 cm³/mol. The van der Waals surface area contributed by atoms with Gasteiger partial charge in [0.2, 0.25) is 0 Å².